The van der Waals surface area contributed by atoms with Gasteiger partial charge in [0.05, 0.1) is 23.1 Å². The summed E-state index contributed by atoms with van der Waals surface area (Å²) in [5.74, 6) is 1.26. The van der Waals surface area contributed by atoms with Crippen LogP contribution in [0.1, 0.15) is 44.6 Å². The van der Waals surface area contributed by atoms with Gasteiger partial charge >= 0.3 is 0 Å². The lowest BCUT2D eigenvalue weighted by Gasteiger charge is -2.17. The van der Waals surface area contributed by atoms with Crippen molar-refractivity contribution >= 4 is 23.4 Å². The van der Waals surface area contributed by atoms with Gasteiger partial charge in [0.25, 0.3) is 0 Å². The molecule has 0 unspecified atom stereocenters. The van der Waals surface area contributed by atoms with Crippen LogP contribution in [0.5, 0.6) is 0 Å². The topological polar surface area (TPSA) is 78.3 Å². The standard InChI is InChI=1S/C19H20ClN5S/c20-17-10-4-3-9-16(17)18-23-24-19(25(18)15-7-1-2-8-15)26-13-14(12-22)6-5-11-21/h3-4,9-10,14-15H,1-2,5-8,13H2/t14-/m0/s1. The van der Waals surface area contributed by atoms with Crippen molar-refractivity contribution < 1.29 is 0 Å². The van der Waals surface area contributed by atoms with Gasteiger partial charge in [-0.25, -0.2) is 0 Å². The van der Waals surface area contributed by atoms with Gasteiger partial charge in [0.15, 0.2) is 11.0 Å². The van der Waals surface area contributed by atoms with Crippen LogP contribution in [0.3, 0.4) is 0 Å². The van der Waals surface area contributed by atoms with E-state index >= 15 is 0 Å². The van der Waals surface area contributed by atoms with E-state index in [-0.39, 0.29) is 5.92 Å². The fourth-order valence-corrected chi connectivity index (χ4v) is 4.58. The fourth-order valence-electron chi connectivity index (χ4n) is 3.29. The van der Waals surface area contributed by atoms with Crippen molar-refractivity contribution in [2.45, 2.75) is 49.7 Å². The first-order valence-corrected chi connectivity index (χ1v) is 10.2. The summed E-state index contributed by atoms with van der Waals surface area (Å²) in [6.07, 6.45) is 5.63. The maximum absolute atomic E-state index is 9.30. The van der Waals surface area contributed by atoms with Crippen molar-refractivity contribution in [1.82, 2.24) is 14.8 Å². The number of hydrogen-bond acceptors (Lipinski definition) is 5. The van der Waals surface area contributed by atoms with Crippen molar-refractivity contribution in [2.75, 3.05) is 5.75 Å². The van der Waals surface area contributed by atoms with Crippen LogP contribution in [0.2, 0.25) is 5.02 Å². The average molecular weight is 386 g/mol. The first-order valence-electron chi connectivity index (χ1n) is 8.83. The van der Waals surface area contributed by atoms with Crippen molar-refractivity contribution in [2.24, 2.45) is 5.92 Å². The highest BCUT2D eigenvalue weighted by Gasteiger charge is 2.26. The summed E-state index contributed by atoms with van der Waals surface area (Å²) in [5.41, 5.74) is 0.890. The first-order chi connectivity index (χ1) is 12.7. The van der Waals surface area contributed by atoms with E-state index in [0.29, 0.717) is 29.7 Å². The van der Waals surface area contributed by atoms with Crippen molar-refractivity contribution in [1.29, 1.82) is 10.5 Å². The molecule has 0 aliphatic heterocycles. The lowest BCUT2D eigenvalue weighted by atomic mass is 10.1. The Morgan fingerprint density at radius 1 is 1.23 bits per heavy atom. The zero-order valence-corrected chi connectivity index (χ0v) is 16.0. The van der Waals surface area contributed by atoms with Gasteiger partial charge in [0, 0.05) is 23.8 Å². The molecular weight excluding hydrogens is 366 g/mol. The molecule has 1 aliphatic rings. The molecule has 0 bridgehead atoms. The Bertz CT molecular complexity index is 829. The number of rotatable bonds is 7. The molecule has 1 heterocycles. The van der Waals surface area contributed by atoms with Crippen LogP contribution in [-0.2, 0) is 0 Å². The van der Waals surface area contributed by atoms with E-state index in [1.165, 1.54) is 12.8 Å². The van der Waals surface area contributed by atoms with E-state index in [0.717, 1.165) is 29.4 Å². The molecule has 0 radical (unpaired) electrons. The van der Waals surface area contributed by atoms with Crippen LogP contribution in [0, 0.1) is 28.6 Å². The second kappa shape index (κ2) is 9.07. The molecule has 1 fully saturated rings. The molecule has 1 atom stereocenters. The van der Waals surface area contributed by atoms with Gasteiger partial charge < -0.3 is 0 Å². The van der Waals surface area contributed by atoms with Gasteiger partial charge in [-0.3, -0.25) is 4.57 Å². The molecule has 134 valence electrons. The molecule has 0 spiro atoms. The average Bonchev–Trinajstić information content (AvgIpc) is 3.31. The number of aromatic nitrogens is 3. The number of nitrogens with zero attached hydrogens (tertiary/aromatic N) is 5. The Kier molecular flexibility index (Phi) is 6.55. The number of benzene rings is 1. The summed E-state index contributed by atoms with van der Waals surface area (Å²) in [5, 5.41) is 28.4. The maximum Gasteiger partial charge on any atom is 0.191 e. The summed E-state index contributed by atoms with van der Waals surface area (Å²) >= 11 is 7.95. The van der Waals surface area contributed by atoms with Crippen molar-refractivity contribution in [3.05, 3.63) is 29.3 Å². The molecule has 0 N–H and O–H groups in total. The van der Waals surface area contributed by atoms with Gasteiger partial charge in [-0.15, -0.1) is 10.2 Å². The van der Waals surface area contributed by atoms with Crippen LogP contribution in [0.4, 0.5) is 0 Å². The Balaban J connectivity index is 1.87. The third-order valence-corrected chi connectivity index (χ3v) is 6.11. The lowest BCUT2D eigenvalue weighted by Crippen LogP contribution is -2.10. The van der Waals surface area contributed by atoms with Gasteiger partial charge in [-0.2, -0.15) is 10.5 Å². The Morgan fingerprint density at radius 2 is 2.00 bits per heavy atom. The van der Waals surface area contributed by atoms with E-state index in [9.17, 15) is 5.26 Å². The van der Waals surface area contributed by atoms with Crippen molar-refractivity contribution in [3.63, 3.8) is 0 Å². The van der Waals surface area contributed by atoms with E-state index in [4.69, 9.17) is 16.9 Å². The Hall–Kier alpha value is -2.02. The van der Waals surface area contributed by atoms with Crippen LogP contribution >= 0.6 is 23.4 Å². The molecule has 7 heteroatoms. The summed E-state index contributed by atoms with van der Waals surface area (Å²) in [6, 6.07) is 12.5. The molecule has 1 aliphatic carbocycles. The zero-order chi connectivity index (χ0) is 18.4. The molecule has 3 rings (SSSR count). The van der Waals surface area contributed by atoms with Crippen LogP contribution in [0.15, 0.2) is 29.4 Å². The monoisotopic (exact) mass is 385 g/mol. The molecule has 2 aromatic rings. The quantitative estimate of drug-likeness (QED) is 0.608. The summed E-state index contributed by atoms with van der Waals surface area (Å²) in [4.78, 5) is 0. The number of halogens is 1. The molecule has 1 saturated carbocycles. The first kappa shape index (κ1) is 18.8. The minimum atomic E-state index is -0.155. The van der Waals surface area contributed by atoms with Gasteiger partial charge in [-0.1, -0.05) is 48.3 Å². The van der Waals surface area contributed by atoms with Gasteiger partial charge in [0.2, 0.25) is 0 Å². The molecule has 1 aromatic carbocycles. The summed E-state index contributed by atoms with van der Waals surface area (Å²) in [7, 11) is 0. The highest BCUT2D eigenvalue weighted by Crippen LogP contribution is 2.38. The SMILES string of the molecule is N#CCC[C@@H](C#N)CSc1nnc(-c2ccccc2Cl)n1C1CCCC1. The number of thioether (sulfide) groups is 1. The third-order valence-electron chi connectivity index (χ3n) is 4.67. The summed E-state index contributed by atoms with van der Waals surface area (Å²) in [6.45, 7) is 0. The van der Waals surface area contributed by atoms with Crippen LogP contribution in [-0.4, -0.2) is 20.5 Å². The van der Waals surface area contributed by atoms with Crippen molar-refractivity contribution in [3.8, 4) is 23.5 Å². The number of hydrogen-bond donors (Lipinski definition) is 0. The molecule has 0 amide bonds. The van der Waals surface area contributed by atoms with E-state index < -0.39 is 0 Å². The van der Waals surface area contributed by atoms with Gasteiger partial charge in [-0.05, 0) is 31.4 Å². The smallest absolute Gasteiger partial charge is 0.191 e. The molecule has 0 saturated heterocycles. The number of nitriles is 2. The van der Waals surface area contributed by atoms with Crippen LogP contribution in [0.25, 0.3) is 11.4 Å². The van der Waals surface area contributed by atoms with E-state index in [1.807, 2.05) is 24.3 Å². The Morgan fingerprint density at radius 3 is 2.69 bits per heavy atom. The minimum Gasteiger partial charge on any atom is -0.299 e. The predicted octanol–water partition coefficient (Wildman–Crippen LogP) is 5.25. The third kappa shape index (κ3) is 4.20. The predicted molar refractivity (Wildman–Crippen MR) is 103 cm³/mol. The molecule has 26 heavy (non-hydrogen) atoms. The second-order valence-electron chi connectivity index (χ2n) is 6.43. The normalized spacial score (nSPS) is 15.5. The van der Waals surface area contributed by atoms with Gasteiger partial charge in [0.1, 0.15) is 0 Å². The highest BCUT2D eigenvalue weighted by atomic mass is 35.5. The minimum absolute atomic E-state index is 0.155. The highest BCUT2D eigenvalue weighted by molar-refractivity contribution is 7.99. The summed E-state index contributed by atoms with van der Waals surface area (Å²) < 4.78 is 2.21. The largest absolute Gasteiger partial charge is 0.299 e. The van der Waals surface area contributed by atoms with E-state index in [2.05, 4.69) is 26.9 Å². The van der Waals surface area contributed by atoms with E-state index in [1.54, 1.807) is 11.8 Å². The molecule has 5 nitrogen and oxygen atoms in total. The molecular formula is C19H20ClN5S. The Labute approximate surface area is 163 Å². The van der Waals surface area contributed by atoms with Crippen LogP contribution < -0.4 is 0 Å². The lowest BCUT2D eigenvalue weighted by molar-refractivity contribution is 0.485. The maximum atomic E-state index is 9.30. The molecule has 1 aromatic heterocycles. The fraction of sp³-hybridized carbons (Fsp3) is 0.474. The second-order valence-corrected chi connectivity index (χ2v) is 7.82. The zero-order valence-electron chi connectivity index (χ0n) is 14.4.